The lowest BCUT2D eigenvalue weighted by Gasteiger charge is -2.27. The number of aryl methyl sites for hydroxylation is 1. The highest BCUT2D eigenvalue weighted by atomic mass is 16.1. The number of nitrogens with zero attached hydrogens (tertiary/aromatic N) is 3. The largest absolute Gasteiger partial charge is 0.316 e. The number of hydrogen-bond acceptors (Lipinski definition) is 4. The first kappa shape index (κ1) is 13.0. The number of aromatic nitrogens is 3. The van der Waals surface area contributed by atoms with Crippen LogP contribution in [0.2, 0.25) is 0 Å². The van der Waals surface area contributed by atoms with Crippen LogP contribution in [0.15, 0.2) is 6.33 Å². The van der Waals surface area contributed by atoms with Crippen LogP contribution in [-0.4, -0.2) is 33.8 Å². The van der Waals surface area contributed by atoms with Crippen LogP contribution in [0.5, 0.6) is 0 Å². The molecule has 1 fully saturated rings. The Labute approximate surface area is 107 Å². The SMILES string of the molecule is CC(CC(=O)Nc1ncnn1C)C1CCCNC1. The molecule has 1 aromatic rings. The molecule has 1 aliphatic heterocycles. The molecule has 2 heterocycles. The van der Waals surface area contributed by atoms with Crippen molar-refractivity contribution >= 4 is 11.9 Å². The first-order valence-corrected chi connectivity index (χ1v) is 6.51. The Balaban J connectivity index is 1.81. The molecule has 6 nitrogen and oxygen atoms in total. The van der Waals surface area contributed by atoms with E-state index in [1.165, 1.54) is 19.2 Å². The normalized spacial score (nSPS) is 21.6. The second kappa shape index (κ2) is 5.95. The van der Waals surface area contributed by atoms with E-state index in [0.29, 0.717) is 24.2 Å². The fourth-order valence-corrected chi connectivity index (χ4v) is 2.41. The van der Waals surface area contributed by atoms with Gasteiger partial charge in [0.1, 0.15) is 6.33 Å². The van der Waals surface area contributed by atoms with Gasteiger partial charge in [-0.05, 0) is 37.8 Å². The van der Waals surface area contributed by atoms with Crippen molar-refractivity contribution in [2.24, 2.45) is 18.9 Å². The standard InChI is InChI=1S/C12H21N5O/c1-9(10-4-3-5-13-7-10)6-11(18)16-12-14-8-15-17(12)2/h8-10,13H,3-7H2,1-2H3,(H,14,15,16,18). The van der Waals surface area contributed by atoms with Crippen LogP contribution >= 0.6 is 0 Å². The van der Waals surface area contributed by atoms with Crippen molar-refractivity contribution in [2.45, 2.75) is 26.2 Å². The molecule has 100 valence electrons. The smallest absolute Gasteiger partial charge is 0.227 e. The number of hydrogen-bond donors (Lipinski definition) is 2. The minimum absolute atomic E-state index is 0.0178. The fraction of sp³-hybridized carbons (Fsp3) is 0.750. The monoisotopic (exact) mass is 251 g/mol. The molecule has 0 aromatic carbocycles. The molecular weight excluding hydrogens is 230 g/mol. The summed E-state index contributed by atoms with van der Waals surface area (Å²) in [5, 5.41) is 10.1. The van der Waals surface area contributed by atoms with E-state index in [2.05, 4.69) is 27.6 Å². The highest BCUT2D eigenvalue weighted by Gasteiger charge is 2.22. The Hall–Kier alpha value is -1.43. The summed E-state index contributed by atoms with van der Waals surface area (Å²) in [4.78, 5) is 15.9. The van der Waals surface area contributed by atoms with Crippen LogP contribution in [0.4, 0.5) is 5.95 Å². The highest BCUT2D eigenvalue weighted by Crippen LogP contribution is 2.22. The molecule has 2 unspecified atom stereocenters. The van der Waals surface area contributed by atoms with Crippen LogP contribution < -0.4 is 10.6 Å². The quantitative estimate of drug-likeness (QED) is 0.829. The number of amides is 1. The highest BCUT2D eigenvalue weighted by molar-refractivity contribution is 5.89. The molecule has 1 aromatic heterocycles. The number of piperidine rings is 1. The average Bonchev–Trinajstić information content (AvgIpc) is 2.76. The zero-order valence-electron chi connectivity index (χ0n) is 11.0. The summed E-state index contributed by atoms with van der Waals surface area (Å²) in [6, 6.07) is 0. The van der Waals surface area contributed by atoms with Crippen molar-refractivity contribution < 1.29 is 4.79 Å². The molecule has 0 radical (unpaired) electrons. The maximum Gasteiger partial charge on any atom is 0.227 e. The molecule has 2 atom stereocenters. The Kier molecular flexibility index (Phi) is 4.30. The third-order valence-corrected chi connectivity index (χ3v) is 3.61. The van der Waals surface area contributed by atoms with Crippen molar-refractivity contribution in [1.29, 1.82) is 0 Å². The third kappa shape index (κ3) is 3.29. The number of carbonyl (C=O) groups excluding carboxylic acids is 1. The molecule has 1 aliphatic rings. The summed E-state index contributed by atoms with van der Waals surface area (Å²) in [5.74, 6) is 1.52. The summed E-state index contributed by atoms with van der Waals surface area (Å²) in [7, 11) is 1.76. The third-order valence-electron chi connectivity index (χ3n) is 3.61. The van der Waals surface area contributed by atoms with Crippen molar-refractivity contribution in [3.63, 3.8) is 0 Å². The van der Waals surface area contributed by atoms with Gasteiger partial charge in [0.25, 0.3) is 0 Å². The molecule has 18 heavy (non-hydrogen) atoms. The topological polar surface area (TPSA) is 71.8 Å². The predicted molar refractivity (Wildman–Crippen MR) is 69.0 cm³/mol. The Bertz CT molecular complexity index is 397. The molecule has 2 N–H and O–H groups in total. The number of carbonyl (C=O) groups is 1. The van der Waals surface area contributed by atoms with E-state index in [0.717, 1.165) is 13.1 Å². The molecule has 2 rings (SSSR count). The Morgan fingerprint density at radius 3 is 3.17 bits per heavy atom. The number of rotatable bonds is 4. The van der Waals surface area contributed by atoms with E-state index in [1.807, 2.05) is 0 Å². The van der Waals surface area contributed by atoms with E-state index in [1.54, 1.807) is 11.7 Å². The van der Waals surface area contributed by atoms with Crippen LogP contribution in [0.3, 0.4) is 0 Å². The van der Waals surface area contributed by atoms with Gasteiger partial charge in [0.2, 0.25) is 11.9 Å². The molecule has 1 amide bonds. The number of nitrogens with one attached hydrogen (secondary N) is 2. The summed E-state index contributed by atoms with van der Waals surface area (Å²) in [5.41, 5.74) is 0. The van der Waals surface area contributed by atoms with Crippen molar-refractivity contribution in [1.82, 2.24) is 20.1 Å². The van der Waals surface area contributed by atoms with Gasteiger partial charge in [-0.2, -0.15) is 10.1 Å². The van der Waals surface area contributed by atoms with Crippen molar-refractivity contribution in [3.05, 3.63) is 6.33 Å². The van der Waals surface area contributed by atoms with Crippen molar-refractivity contribution in [3.8, 4) is 0 Å². The lowest BCUT2D eigenvalue weighted by atomic mass is 9.85. The van der Waals surface area contributed by atoms with E-state index in [-0.39, 0.29) is 5.91 Å². The van der Waals surface area contributed by atoms with Gasteiger partial charge >= 0.3 is 0 Å². The molecule has 6 heteroatoms. The predicted octanol–water partition coefficient (Wildman–Crippen LogP) is 0.779. The first-order valence-electron chi connectivity index (χ1n) is 6.51. The molecule has 1 saturated heterocycles. The first-order chi connectivity index (χ1) is 8.66. The van der Waals surface area contributed by atoms with E-state index in [4.69, 9.17) is 0 Å². The van der Waals surface area contributed by atoms with Crippen LogP contribution in [0.1, 0.15) is 26.2 Å². The van der Waals surface area contributed by atoms with Gasteiger partial charge in [-0.1, -0.05) is 6.92 Å². The summed E-state index contributed by atoms with van der Waals surface area (Å²) < 4.78 is 1.56. The van der Waals surface area contributed by atoms with Gasteiger partial charge in [0, 0.05) is 13.5 Å². The molecular formula is C12H21N5O. The summed E-state index contributed by atoms with van der Waals surface area (Å²) >= 11 is 0. The minimum Gasteiger partial charge on any atom is -0.316 e. The molecule has 0 bridgehead atoms. The Morgan fingerprint density at radius 2 is 2.56 bits per heavy atom. The van der Waals surface area contributed by atoms with E-state index in [9.17, 15) is 4.79 Å². The molecule has 0 saturated carbocycles. The average molecular weight is 251 g/mol. The maximum absolute atomic E-state index is 11.9. The number of anilines is 1. The minimum atomic E-state index is 0.0178. The van der Waals surface area contributed by atoms with Gasteiger partial charge in [-0.15, -0.1) is 0 Å². The zero-order chi connectivity index (χ0) is 13.0. The molecule has 0 spiro atoms. The Morgan fingerprint density at radius 1 is 1.72 bits per heavy atom. The van der Waals surface area contributed by atoms with Gasteiger partial charge in [-0.25, -0.2) is 4.68 Å². The summed E-state index contributed by atoms with van der Waals surface area (Å²) in [6.45, 7) is 4.28. The fourth-order valence-electron chi connectivity index (χ4n) is 2.41. The second-order valence-corrected chi connectivity index (χ2v) is 5.04. The van der Waals surface area contributed by atoms with Crippen LogP contribution in [0, 0.1) is 11.8 Å². The lowest BCUT2D eigenvalue weighted by molar-refractivity contribution is -0.117. The van der Waals surface area contributed by atoms with Crippen LogP contribution in [0.25, 0.3) is 0 Å². The van der Waals surface area contributed by atoms with Gasteiger partial charge < -0.3 is 5.32 Å². The lowest BCUT2D eigenvalue weighted by Crippen LogP contribution is -2.34. The van der Waals surface area contributed by atoms with Crippen LogP contribution in [-0.2, 0) is 11.8 Å². The maximum atomic E-state index is 11.9. The molecule has 0 aliphatic carbocycles. The van der Waals surface area contributed by atoms with Crippen molar-refractivity contribution in [2.75, 3.05) is 18.4 Å². The summed E-state index contributed by atoms with van der Waals surface area (Å²) in [6.07, 6.45) is 4.40. The van der Waals surface area contributed by atoms with Gasteiger partial charge in [0.05, 0.1) is 0 Å². The van der Waals surface area contributed by atoms with Gasteiger partial charge in [-0.3, -0.25) is 10.1 Å². The second-order valence-electron chi connectivity index (χ2n) is 5.04. The zero-order valence-corrected chi connectivity index (χ0v) is 11.0. The van der Waals surface area contributed by atoms with Gasteiger partial charge in [0.15, 0.2) is 0 Å². The van der Waals surface area contributed by atoms with E-state index >= 15 is 0 Å². The van der Waals surface area contributed by atoms with E-state index < -0.39 is 0 Å².